The number of carbonyl (C=O) groups is 2. The Labute approximate surface area is 154 Å². The second kappa shape index (κ2) is 8.34. The Bertz CT molecular complexity index is 784. The van der Waals surface area contributed by atoms with E-state index in [0.717, 1.165) is 10.4 Å². The van der Waals surface area contributed by atoms with Gasteiger partial charge in [0.25, 0.3) is 0 Å². The van der Waals surface area contributed by atoms with Gasteiger partial charge in [0.15, 0.2) is 5.82 Å². The van der Waals surface area contributed by atoms with E-state index in [2.05, 4.69) is 15.5 Å². The Morgan fingerprint density at radius 2 is 2.04 bits per heavy atom. The lowest BCUT2D eigenvalue weighted by Gasteiger charge is -2.07. The molecule has 10 heteroatoms. The lowest BCUT2D eigenvalue weighted by molar-refractivity contribution is -0.113. The Kier molecular flexibility index (Phi) is 6.43. The smallest absolute Gasteiger partial charge is 0.341 e. The van der Waals surface area contributed by atoms with Crippen molar-refractivity contribution < 1.29 is 14.3 Å². The van der Waals surface area contributed by atoms with Crippen molar-refractivity contribution in [2.75, 3.05) is 23.5 Å². The molecule has 2 aromatic rings. The summed E-state index contributed by atoms with van der Waals surface area (Å²) in [5.74, 6) is 5.93. The topological polar surface area (TPSA) is 112 Å². The maximum atomic E-state index is 12.3. The summed E-state index contributed by atoms with van der Waals surface area (Å²) in [5.41, 5.74) is 1.23. The van der Waals surface area contributed by atoms with Crippen molar-refractivity contribution in [1.82, 2.24) is 14.9 Å². The number of thioether (sulfide) groups is 1. The van der Waals surface area contributed by atoms with E-state index in [-0.39, 0.29) is 18.3 Å². The van der Waals surface area contributed by atoms with E-state index in [1.807, 2.05) is 20.8 Å². The van der Waals surface area contributed by atoms with Crippen LogP contribution in [0.5, 0.6) is 0 Å². The van der Waals surface area contributed by atoms with Crippen LogP contribution in [0.4, 0.5) is 5.00 Å². The van der Waals surface area contributed by atoms with E-state index in [1.54, 1.807) is 6.92 Å². The number of aryl methyl sites for hydroxylation is 2. The number of nitrogen functional groups attached to an aromatic ring is 1. The monoisotopic (exact) mass is 383 g/mol. The van der Waals surface area contributed by atoms with Gasteiger partial charge in [-0.3, -0.25) is 4.79 Å². The molecule has 8 nitrogen and oxygen atoms in total. The van der Waals surface area contributed by atoms with E-state index >= 15 is 0 Å². The molecule has 0 bridgehead atoms. The van der Waals surface area contributed by atoms with Crippen LogP contribution in [0.2, 0.25) is 0 Å². The van der Waals surface area contributed by atoms with Gasteiger partial charge in [-0.2, -0.15) is 0 Å². The number of nitrogens with zero attached hydrogens (tertiary/aromatic N) is 3. The summed E-state index contributed by atoms with van der Waals surface area (Å²) in [5, 5.41) is 11.7. The molecule has 0 radical (unpaired) electrons. The van der Waals surface area contributed by atoms with E-state index in [1.165, 1.54) is 27.8 Å². The first-order valence-electron chi connectivity index (χ1n) is 7.78. The minimum Gasteiger partial charge on any atom is -0.462 e. The summed E-state index contributed by atoms with van der Waals surface area (Å²) in [4.78, 5) is 25.3. The number of thiophene rings is 1. The maximum absolute atomic E-state index is 12.3. The molecular formula is C15H21N5O3S2. The first-order chi connectivity index (χ1) is 11.9. The van der Waals surface area contributed by atoms with Crippen molar-refractivity contribution >= 4 is 40.0 Å². The predicted molar refractivity (Wildman–Crippen MR) is 98.7 cm³/mol. The Morgan fingerprint density at radius 3 is 2.64 bits per heavy atom. The Balaban J connectivity index is 2.06. The van der Waals surface area contributed by atoms with Crippen LogP contribution in [0.3, 0.4) is 0 Å². The molecule has 0 saturated heterocycles. The number of rotatable bonds is 7. The van der Waals surface area contributed by atoms with E-state index < -0.39 is 5.97 Å². The fourth-order valence-electron chi connectivity index (χ4n) is 2.10. The minimum absolute atomic E-state index is 0.108. The number of hydrogen-bond acceptors (Lipinski definition) is 8. The molecule has 0 aliphatic heterocycles. The van der Waals surface area contributed by atoms with Crippen molar-refractivity contribution in [2.24, 2.45) is 0 Å². The molecule has 3 N–H and O–H groups in total. The van der Waals surface area contributed by atoms with Crippen LogP contribution < -0.4 is 11.2 Å². The fourth-order valence-corrected chi connectivity index (χ4v) is 3.84. The highest BCUT2D eigenvalue weighted by molar-refractivity contribution is 7.99. The van der Waals surface area contributed by atoms with Crippen LogP contribution in [0.1, 0.15) is 40.5 Å². The molecule has 0 atom stereocenters. The number of amides is 1. The molecule has 0 saturated carbocycles. The van der Waals surface area contributed by atoms with Crippen LogP contribution in [0.25, 0.3) is 0 Å². The number of ether oxygens (including phenoxy) is 1. The first kappa shape index (κ1) is 19.3. The second-order valence-corrected chi connectivity index (χ2v) is 7.33. The number of esters is 1. The zero-order valence-electron chi connectivity index (χ0n) is 14.6. The third kappa shape index (κ3) is 4.31. The molecule has 0 fully saturated rings. The zero-order chi connectivity index (χ0) is 18.6. The predicted octanol–water partition coefficient (Wildman–Crippen LogP) is 2.14. The highest BCUT2D eigenvalue weighted by atomic mass is 32.2. The van der Waals surface area contributed by atoms with E-state index in [4.69, 9.17) is 10.6 Å². The van der Waals surface area contributed by atoms with Gasteiger partial charge < -0.3 is 15.9 Å². The first-order valence-corrected chi connectivity index (χ1v) is 9.58. The minimum atomic E-state index is -0.429. The third-order valence-corrected chi connectivity index (χ3v) is 5.57. The summed E-state index contributed by atoms with van der Waals surface area (Å²) < 4.78 is 6.45. The lowest BCUT2D eigenvalue weighted by atomic mass is 10.1. The molecule has 0 aliphatic rings. The quantitative estimate of drug-likeness (QED) is 0.428. The van der Waals surface area contributed by atoms with Gasteiger partial charge in [-0.25, -0.2) is 9.47 Å². The van der Waals surface area contributed by atoms with Crippen molar-refractivity contribution in [1.29, 1.82) is 0 Å². The molecule has 0 aromatic carbocycles. The van der Waals surface area contributed by atoms with Gasteiger partial charge >= 0.3 is 5.97 Å². The standard InChI is InChI=1S/C15H21N5O3S2/c1-5-10-18-19-15(20(10)16)24-7-11(21)17-13-12(14(22)23-6-2)8(3)9(4)25-13/h5-7,16H2,1-4H3,(H,17,21). The van der Waals surface area contributed by atoms with Crippen LogP contribution >= 0.6 is 23.1 Å². The largest absolute Gasteiger partial charge is 0.462 e. The molecule has 2 heterocycles. The number of aromatic nitrogens is 3. The number of carbonyl (C=O) groups excluding carboxylic acids is 2. The van der Waals surface area contributed by atoms with Gasteiger partial charge in [-0.15, -0.1) is 21.5 Å². The van der Waals surface area contributed by atoms with Crippen molar-refractivity contribution in [3.63, 3.8) is 0 Å². The molecule has 0 unspecified atom stereocenters. The molecular weight excluding hydrogens is 362 g/mol. The van der Waals surface area contributed by atoms with Gasteiger partial charge in [0.1, 0.15) is 5.00 Å². The maximum Gasteiger partial charge on any atom is 0.341 e. The average Bonchev–Trinajstić information content (AvgIpc) is 3.05. The normalized spacial score (nSPS) is 10.7. The summed E-state index contributed by atoms with van der Waals surface area (Å²) in [6.45, 7) is 7.69. The molecule has 25 heavy (non-hydrogen) atoms. The summed E-state index contributed by atoms with van der Waals surface area (Å²) in [6.07, 6.45) is 0.660. The molecule has 2 aromatic heterocycles. The average molecular weight is 383 g/mol. The molecule has 1 amide bonds. The van der Waals surface area contributed by atoms with Crippen molar-refractivity contribution in [3.05, 3.63) is 21.8 Å². The Hall–Kier alpha value is -2.07. The Morgan fingerprint density at radius 1 is 1.32 bits per heavy atom. The number of nitrogens with two attached hydrogens (primary N) is 1. The SMILES string of the molecule is CCOC(=O)c1c(NC(=O)CSc2nnc(CC)n2N)sc(C)c1C. The number of anilines is 1. The zero-order valence-corrected chi connectivity index (χ0v) is 16.2. The molecule has 0 aliphatic carbocycles. The van der Waals surface area contributed by atoms with Gasteiger partial charge in [0, 0.05) is 11.3 Å². The van der Waals surface area contributed by atoms with E-state index in [9.17, 15) is 9.59 Å². The number of hydrogen-bond donors (Lipinski definition) is 2. The second-order valence-electron chi connectivity index (χ2n) is 5.17. The van der Waals surface area contributed by atoms with Crippen molar-refractivity contribution in [2.45, 2.75) is 39.3 Å². The molecule has 136 valence electrons. The molecule has 2 rings (SSSR count). The van der Waals surface area contributed by atoms with E-state index in [0.29, 0.717) is 28.0 Å². The van der Waals surface area contributed by atoms with Gasteiger partial charge in [-0.1, -0.05) is 18.7 Å². The summed E-state index contributed by atoms with van der Waals surface area (Å²) in [6, 6.07) is 0. The van der Waals surface area contributed by atoms with Crippen LogP contribution in [-0.4, -0.2) is 39.1 Å². The third-order valence-electron chi connectivity index (χ3n) is 3.50. The van der Waals surface area contributed by atoms with Gasteiger partial charge in [0.05, 0.1) is 17.9 Å². The number of nitrogens with one attached hydrogen (secondary N) is 1. The van der Waals surface area contributed by atoms with Gasteiger partial charge in [0.2, 0.25) is 11.1 Å². The highest BCUT2D eigenvalue weighted by Crippen LogP contribution is 2.33. The van der Waals surface area contributed by atoms with Crippen LogP contribution in [0, 0.1) is 13.8 Å². The van der Waals surface area contributed by atoms with Crippen LogP contribution in [-0.2, 0) is 16.0 Å². The fraction of sp³-hybridized carbons (Fsp3) is 0.467. The van der Waals surface area contributed by atoms with Crippen LogP contribution in [0.15, 0.2) is 5.16 Å². The summed E-state index contributed by atoms with van der Waals surface area (Å²) in [7, 11) is 0. The summed E-state index contributed by atoms with van der Waals surface area (Å²) >= 11 is 2.54. The lowest BCUT2D eigenvalue weighted by Crippen LogP contribution is -2.18. The van der Waals surface area contributed by atoms with Gasteiger partial charge in [-0.05, 0) is 26.3 Å². The highest BCUT2D eigenvalue weighted by Gasteiger charge is 2.22. The molecule has 0 spiro atoms. The van der Waals surface area contributed by atoms with Crippen molar-refractivity contribution in [3.8, 4) is 0 Å².